The molecule has 0 radical (unpaired) electrons. The number of ether oxygens (including phenoxy) is 1. The van der Waals surface area contributed by atoms with E-state index < -0.39 is 0 Å². The first kappa shape index (κ1) is 21.5. The molecule has 0 unspecified atom stereocenters. The molecule has 5 rings (SSSR count). The summed E-state index contributed by atoms with van der Waals surface area (Å²) in [6.45, 7) is 3.62. The summed E-state index contributed by atoms with van der Waals surface area (Å²) in [5.41, 5.74) is 1.61. The predicted molar refractivity (Wildman–Crippen MR) is 125 cm³/mol. The van der Waals surface area contributed by atoms with Crippen LogP contribution in [0.2, 0.25) is 0 Å². The van der Waals surface area contributed by atoms with E-state index in [9.17, 15) is 9.59 Å². The summed E-state index contributed by atoms with van der Waals surface area (Å²) in [6, 6.07) is 7.45. The molecule has 0 atom stereocenters. The second kappa shape index (κ2) is 9.25. The van der Waals surface area contributed by atoms with E-state index >= 15 is 0 Å². The van der Waals surface area contributed by atoms with Crippen molar-refractivity contribution in [3.05, 3.63) is 47.1 Å². The first-order valence-electron chi connectivity index (χ1n) is 11.7. The highest BCUT2D eigenvalue weighted by Crippen LogP contribution is 2.32. The molecule has 0 spiro atoms. The molecule has 2 aliphatic rings. The molecule has 1 N–H and O–H groups in total. The van der Waals surface area contributed by atoms with Gasteiger partial charge >= 0.3 is 5.69 Å². The quantitative estimate of drug-likeness (QED) is 0.641. The van der Waals surface area contributed by atoms with Crippen LogP contribution in [0.1, 0.15) is 25.7 Å². The Morgan fingerprint density at radius 1 is 1.09 bits per heavy atom. The number of nitrogens with one attached hydrogen (secondary N) is 1. The second-order valence-electron chi connectivity index (χ2n) is 9.00. The number of hydrogen-bond acceptors (Lipinski definition) is 6. The van der Waals surface area contributed by atoms with Gasteiger partial charge in [-0.25, -0.2) is 14.8 Å². The minimum Gasteiger partial charge on any atom is -0.497 e. The minimum absolute atomic E-state index is 0.0839. The molecule has 33 heavy (non-hydrogen) atoms. The van der Waals surface area contributed by atoms with Gasteiger partial charge in [-0.2, -0.15) is 0 Å². The van der Waals surface area contributed by atoms with Crippen LogP contribution in [-0.2, 0) is 11.3 Å². The first-order chi connectivity index (χ1) is 16.1. The number of methoxy groups -OCH3 is 1. The molecule has 1 aliphatic heterocycles. The average molecular weight is 451 g/mol. The van der Waals surface area contributed by atoms with Crippen LogP contribution in [0.3, 0.4) is 0 Å². The number of piperazine rings is 1. The second-order valence-corrected chi connectivity index (χ2v) is 9.00. The van der Waals surface area contributed by atoms with E-state index in [2.05, 4.69) is 19.9 Å². The van der Waals surface area contributed by atoms with Crippen molar-refractivity contribution in [3.63, 3.8) is 0 Å². The summed E-state index contributed by atoms with van der Waals surface area (Å²) in [6.07, 6.45) is 7.17. The van der Waals surface area contributed by atoms with E-state index in [1.165, 1.54) is 0 Å². The van der Waals surface area contributed by atoms with Crippen LogP contribution in [0.15, 0.2) is 41.5 Å². The Morgan fingerprint density at radius 2 is 1.82 bits per heavy atom. The van der Waals surface area contributed by atoms with Crippen molar-refractivity contribution >= 4 is 22.9 Å². The Labute approximate surface area is 192 Å². The molecule has 1 amide bonds. The summed E-state index contributed by atoms with van der Waals surface area (Å²) in [4.78, 5) is 41.3. The van der Waals surface area contributed by atoms with E-state index in [4.69, 9.17) is 4.74 Å². The molecule has 0 bridgehead atoms. The summed E-state index contributed by atoms with van der Waals surface area (Å²) < 4.78 is 7.14. The predicted octanol–water partition coefficient (Wildman–Crippen LogP) is 2.28. The number of imidazole rings is 1. The standard InChI is InChI=1S/C24H30N6O3/c1-33-19-7-8-20-21(15-19)30(24(32)27-20)16-17-3-5-18(6-4-17)22(31)28-11-13-29(14-12-28)23-25-9-2-10-26-23/h2,7-10,15,17-18H,3-6,11-14,16H2,1H3,(H,27,32). The van der Waals surface area contributed by atoms with Gasteiger partial charge < -0.3 is 19.5 Å². The lowest BCUT2D eigenvalue weighted by Gasteiger charge is -2.37. The monoisotopic (exact) mass is 450 g/mol. The van der Waals surface area contributed by atoms with Crippen molar-refractivity contribution < 1.29 is 9.53 Å². The number of anilines is 1. The smallest absolute Gasteiger partial charge is 0.326 e. The molecule has 174 valence electrons. The zero-order chi connectivity index (χ0) is 22.8. The fraction of sp³-hybridized carbons (Fsp3) is 0.500. The highest BCUT2D eigenvalue weighted by Gasteiger charge is 2.32. The van der Waals surface area contributed by atoms with Gasteiger partial charge in [0.15, 0.2) is 0 Å². The maximum Gasteiger partial charge on any atom is 0.326 e. The Bertz CT molecular complexity index is 1160. The van der Waals surface area contributed by atoms with Crippen LogP contribution < -0.4 is 15.3 Å². The summed E-state index contributed by atoms with van der Waals surface area (Å²) in [7, 11) is 1.63. The van der Waals surface area contributed by atoms with Crippen molar-refractivity contribution in [3.8, 4) is 5.75 Å². The number of amides is 1. The van der Waals surface area contributed by atoms with E-state index in [1.807, 2.05) is 33.7 Å². The highest BCUT2D eigenvalue weighted by atomic mass is 16.5. The highest BCUT2D eigenvalue weighted by molar-refractivity contribution is 5.79. The van der Waals surface area contributed by atoms with Gasteiger partial charge in [-0.05, 0) is 49.8 Å². The van der Waals surface area contributed by atoms with Crippen LogP contribution >= 0.6 is 0 Å². The Morgan fingerprint density at radius 3 is 2.52 bits per heavy atom. The number of carbonyl (C=O) groups is 1. The lowest BCUT2D eigenvalue weighted by molar-refractivity contribution is -0.137. The minimum atomic E-state index is -0.0864. The molecule has 2 fully saturated rings. The molecular formula is C24H30N6O3. The normalized spacial score (nSPS) is 21.4. The third-order valence-corrected chi connectivity index (χ3v) is 7.05. The van der Waals surface area contributed by atoms with Crippen LogP contribution in [0.25, 0.3) is 11.0 Å². The third-order valence-electron chi connectivity index (χ3n) is 7.05. The Kier molecular flexibility index (Phi) is 6.02. The molecule has 3 aromatic rings. The molecule has 2 aromatic heterocycles. The van der Waals surface area contributed by atoms with E-state index in [0.717, 1.165) is 61.5 Å². The number of carbonyl (C=O) groups excluding carboxylic acids is 1. The first-order valence-corrected chi connectivity index (χ1v) is 11.7. The molecule has 3 heterocycles. The van der Waals surface area contributed by atoms with Gasteiger partial charge in [-0.15, -0.1) is 0 Å². The summed E-state index contributed by atoms with van der Waals surface area (Å²) in [5, 5.41) is 0. The fourth-order valence-electron chi connectivity index (χ4n) is 5.13. The van der Waals surface area contributed by atoms with Crippen molar-refractivity contribution in [1.29, 1.82) is 0 Å². The van der Waals surface area contributed by atoms with E-state index in [1.54, 1.807) is 19.5 Å². The Balaban J connectivity index is 1.16. The molecule has 1 saturated heterocycles. The van der Waals surface area contributed by atoms with Gasteiger partial charge in [0, 0.05) is 57.1 Å². The lowest BCUT2D eigenvalue weighted by atomic mass is 9.81. The fourth-order valence-corrected chi connectivity index (χ4v) is 5.13. The largest absolute Gasteiger partial charge is 0.497 e. The summed E-state index contributed by atoms with van der Waals surface area (Å²) in [5.74, 6) is 2.22. The van der Waals surface area contributed by atoms with Crippen LogP contribution in [0, 0.1) is 11.8 Å². The number of H-pyrrole nitrogens is 1. The van der Waals surface area contributed by atoms with Crippen molar-refractivity contribution in [2.75, 3.05) is 38.2 Å². The van der Waals surface area contributed by atoms with E-state index in [-0.39, 0.29) is 17.5 Å². The molecule has 1 aromatic carbocycles. The topological polar surface area (TPSA) is 96.3 Å². The SMILES string of the molecule is COc1ccc2[nH]c(=O)n(CC3CCC(C(=O)N4CCN(c5ncccn5)CC4)CC3)c2c1. The van der Waals surface area contributed by atoms with Gasteiger partial charge in [0.05, 0.1) is 18.1 Å². The third kappa shape index (κ3) is 4.44. The maximum atomic E-state index is 13.1. The molecule has 9 heteroatoms. The zero-order valence-corrected chi connectivity index (χ0v) is 18.9. The molecule has 9 nitrogen and oxygen atoms in total. The van der Waals surface area contributed by atoms with Gasteiger partial charge in [-0.1, -0.05) is 0 Å². The van der Waals surface area contributed by atoms with Crippen molar-refractivity contribution in [2.45, 2.75) is 32.2 Å². The van der Waals surface area contributed by atoms with Gasteiger partial charge in [0.1, 0.15) is 5.75 Å². The molecule has 1 saturated carbocycles. The maximum absolute atomic E-state index is 13.1. The number of nitrogens with zero attached hydrogens (tertiary/aromatic N) is 5. The molecule has 1 aliphatic carbocycles. The van der Waals surface area contributed by atoms with Crippen LogP contribution in [0.4, 0.5) is 5.95 Å². The molecular weight excluding hydrogens is 420 g/mol. The number of aromatic nitrogens is 4. The zero-order valence-electron chi connectivity index (χ0n) is 18.9. The number of fused-ring (bicyclic) bond motifs is 1. The van der Waals surface area contributed by atoms with Crippen molar-refractivity contribution in [2.24, 2.45) is 11.8 Å². The number of aromatic amines is 1. The van der Waals surface area contributed by atoms with Crippen molar-refractivity contribution in [1.82, 2.24) is 24.4 Å². The number of hydrogen-bond donors (Lipinski definition) is 1. The lowest BCUT2D eigenvalue weighted by Crippen LogP contribution is -2.51. The average Bonchev–Trinajstić information content (AvgIpc) is 3.18. The van der Waals surface area contributed by atoms with Gasteiger partial charge in [-0.3, -0.25) is 9.36 Å². The van der Waals surface area contributed by atoms with Gasteiger partial charge in [0.2, 0.25) is 11.9 Å². The van der Waals surface area contributed by atoms with Crippen LogP contribution in [0.5, 0.6) is 5.75 Å². The summed E-state index contributed by atoms with van der Waals surface area (Å²) >= 11 is 0. The van der Waals surface area contributed by atoms with E-state index in [0.29, 0.717) is 25.6 Å². The number of benzene rings is 1. The van der Waals surface area contributed by atoms with Crippen LogP contribution in [-0.4, -0.2) is 63.6 Å². The van der Waals surface area contributed by atoms with Gasteiger partial charge in [0.25, 0.3) is 0 Å². The Hall–Kier alpha value is -3.36. The number of rotatable bonds is 5.